The first-order valence-electron chi connectivity index (χ1n) is 4.65. The van der Waals surface area contributed by atoms with Crippen molar-refractivity contribution >= 4 is 0 Å². The summed E-state index contributed by atoms with van der Waals surface area (Å²) in [6.07, 6.45) is 2.77. The first-order chi connectivity index (χ1) is 6.13. The van der Waals surface area contributed by atoms with E-state index in [9.17, 15) is 0 Å². The van der Waals surface area contributed by atoms with Crippen LogP contribution in [0, 0.1) is 12.8 Å². The normalized spacial score (nSPS) is 10.8. The van der Waals surface area contributed by atoms with Gasteiger partial charge in [0.15, 0.2) is 0 Å². The molecule has 0 saturated heterocycles. The molecule has 0 aromatic carbocycles. The van der Waals surface area contributed by atoms with E-state index in [1.165, 1.54) is 0 Å². The molecule has 0 aliphatic carbocycles. The summed E-state index contributed by atoms with van der Waals surface area (Å²) >= 11 is 0. The summed E-state index contributed by atoms with van der Waals surface area (Å²) in [5, 5.41) is 0. The van der Waals surface area contributed by atoms with Gasteiger partial charge in [0.2, 0.25) is 0 Å². The van der Waals surface area contributed by atoms with E-state index in [0.717, 1.165) is 23.5 Å². The van der Waals surface area contributed by atoms with Gasteiger partial charge in [0, 0.05) is 30.4 Å². The first kappa shape index (κ1) is 10.1. The van der Waals surface area contributed by atoms with E-state index < -0.39 is 0 Å². The van der Waals surface area contributed by atoms with Crippen molar-refractivity contribution in [2.75, 3.05) is 0 Å². The highest BCUT2D eigenvalue weighted by Crippen LogP contribution is 2.06. The zero-order valence-electron chi connectivity index (χ0n) is 8.54. The average Bonchev–Trinajstić information content (AvgIpc) is 2.03. The second-order valence-corrected chi connectivity index (χ2v) is 3.70. The summed E-state index contributed by atoms with van der Waals surface area (Å²) in [5.41, 5.74) is 7.56. The van der Waals surface area contributed by atoms with Crippen LogP contribution >= 0.6 is 0 Å². The van der Waals surface area contributed by atoms with Crippen LogP contribution in [0.5, 0.6) is 0 Å². The Bertz CT molecular complexity index is 281. The highest BCUT2D eigenvalue weighted by Gasteiger charge is 2.03. The summed E-state index contributed by atoms with van der Waals surface area (Å²) in [7, 11) is 0. The van der Waals surface area contributed by atoms with Crippen LogP contribution < -0.4 is 5.73 Å². The van der Waals surface area contributed by atoms with Crippen molar-refractivity contribution in [2.24, 2.45) is 11.7 Å². The molecular weight excluding hydrogens is 162 g/mol. The Morgan fingerprint density at radius 2 is 2.15 bits per heavy atom. The Kier molecular flexibility index (Phi) is 3.37. The summed E-state index contributed by atoms with van der Waals surface area (Å²) < 4.78 is 0. The third kappa shape index (κ3) is 2.77. The van der Waals surface area contributed by atoms with Gasteiger partial charge in [0.05, 0.1) is 0 Å². The molecule has 1 heterocycles. The number of aromatic nitrogens is 2. The Hall–Kier alpha value is -0.960. The summed E-state index contributed by atoms with van der Waals surface area (Å²) in [4.78, 5) is 8.65. The maximum absolute atomic E-state index is 5.52. The zero-order chi connectivity index (χ0) is 9.84. The predicted octanol–water partition coefficient (Wildman–Crippen LogP) is 1.44. The van der Waals surface area contributed by atoms with Crippen molar-refractivity contribution in [1.82, 2.24) is 9.97 Å². The topological polar surface area (TPSA) is 51.8 Å². The molecule has 0 spiro atoms. The molecule has 0 unspecified atom stereocenters. The fourth-order valence-electron chi connectivity index (χ4n) is 1.20. The molecule has 0 atom stereocenters. The van der Waals surface area contributed by atoms with Gasteiger partial charge >= 0.3 is 0 Å². The van der Waals surface area contributed by atoms with Crippen molar-refractivity contribution in [3.8, 4) is 0 Å². The molecule has 3 heteroatoms. The zero-order valence-corrected chi connectivity index (χ0v) is 8.54. The lowest BCUT2D eigenvalue weighted by Crippen LogP contribution is -2.07. The van der Waals surface area contributed by atoms with Crippen LogP contribution in [-0.2, 0) is 13.0 Å². The van der Waals surface area contributed by atoms with E-state index in [4.69, 9.17) is 5.73 Å². The maximum Gasteiger partial charge on any atom is 0.128 e. The van der Waals surface area contributed by atoms with Gasteiger partial charge in [-0.2, -0.15) is 0 Å². The summed E-state index contributed by atoms with van der Waals surface area (Å²) in [6.45, 7) is 6.83. The van der Waals surface area contributed by atoms with Crippen LogP contribution in [0.3, 0.4) is 0 Å². The minimum atomic E-state index is 0.522. The van der Waals surface area contributed by atoms with Gasteiger partial charge in [-0.1, -0.05) is 13.8 Å². The molecule has 0 aliphatic heterocycles. The molecule has 72 valence electrons. The molecule has 3 nitrogen and oxygen atoms in total. The number of rotatable bonds is 3. The van der Waals surface area contributed by atoms with E-state index in [2.05, 4.69) is 23.8 Å². The largest absolute Gasteiger partial charge is 0.326 e. The number of nitrogens with zero attached hydrogens (tertiary/aromatic N) is 2. The van der Waals surface area contributed by atoms with Gasteiger partial charge in [-0.15, -0.1) is 0 Å². The second kappa shape index (κ2) is 4.33. The standard InChI is InChI=1S/C10H17N3/c1-7(2)4-10-12-6-9(5-11)8(3)13-10/h6-7H,4-5,11H2,1-3H3. The van der Waals surface area contributed by atoms with E-state index in [1.807, 2.05) is 13.1 Å². The number of nitrogens with two attached hydrogens (primary N) is 1. The highest BCUT2D eigenvalue weighted by molar-refractivity contribution is 5.15. The lowest BCUT2D eigenvalue weighted by atomic mass is 10.1. The number of hydrogen-bond donors (Lipinski definition) is 1. The minimum Gasteiger partial charge on any atom is -0.326 e. The van der Waals surface area contributed by atoms with E-state index >= 15 is 0 Å². The molecule has 1 rings (SSSR count). The lowest BCUT2D eigenvalue weighted by molar-refractivity contribution is 0.617. The van der Waals surface area contributed by atoms with E-state index in [-0.39, 0.29) is 0 Å². The summed E-state index contributed by atoms with van der Waals surface area (Å²) in [5.74, 6) is 1.52. The van der Waals surface area contributed by atoms with Gasteiger partial charge in [0.1, 0.15) is 5.82 Å². The Balaban J connectivity index is 2.83. The van der Waals surface area contributed by atoms with Crippen molar-refractivity contribution in [2.45, 2.75) is 33.7 Å². The van der Waals surface area contributed by atoms with Gasteiger partial charge in [-0.25, -0.2) is 9.97 Å². The average molecular weight is 179 g/mol. The van der Waals surface area contributed by atoms with E-state index in [0.29, 0.717) is 12.5 Å². The van der Waals surface area contributed by atoms with Crippen LogP contribution in [0.25, 0.3) is 0 Å². The number of aryl methyl sites for hydroxylation is 1. The molecule has 0 radical (unpaired) electrons. The molecule has 1 aromatic rings. The Morgan fingerprint density at radius 3 is 2.62 bits per heavy atom. The fourth-order valence-corrected chi connectivity index (χ4v) is 1.20. The van der Waals surface area contributed by atoms with Gasteiger partial charge < -0.3 is 5.73 Å². The minimum absolute atomic E-state index is 0.522. The molecule has 0 saturated carbocycles. The van der Waals surface area contributed by atoms with Gasteiger partial charge in [-0.3, -0.25) is 0 Å². The number of hydrogen-bond acceptors (Lipinski definition) is 3. The van der Waals surface area contributed by atoms with Crippen LogP contribution in [0.4, 0.5) is 0 Å². The molecule has 2 N–H and O–H groups in total. The quantitative estimate of drug-likeness (QED) is 0.764. The first-order valence-corrected chi connectivity index (χ1v) is 4.65. The fraction of sp³-hybridized carbons (Fsp3) is 0.600. The molecule has 0 fully saturated rings. The lowest BCUT2D eigenvalue weighted by Gasteiger charge is -2.06. The summed E-state index contributed by atoms with van der Waals surface area (Å²) in [6, 6.07) is 0. The molecule has 0 amide bonds. The molecule has 0 aliphatic rings. The highest BCUT2D eigenvalue weighted by atomic mass is 14.9. The maximum atomic E-state index is 5.52. The van der Waals surface area contributed by atoms with E-state index in [1.54, 1.807) is 0 Å². The smallest absolute Gasteiger partial charge is 0.128 e. The Labute approximate surface area is 79.4 Å². The van der Waals surface area contributed by atoms with Crippen LogP contribution in [0.2, 0.25) is 0 Å². The molecule has 1 aromatic heterocycles. The third-order valence-electron chi connectivity index (χ3n) is 1.94. The predicted molar refractivity (Wildman–Crippen MR) is 53.2 cm³/mol. The SMILES string of the molecule is Cc1nc(CC(C)C)ncc1CN. The van der Waals surface area contributed by atoms with Crippen LogP contribution in [-0.4, -0.2) is 9.97 Å². The van der Waals surface area contributed by atoms with Gasteiger partial charge in [-0.05, 0) is 12.8 Å². The van der Waals surface area contributed by atoms with Crippen LogP contribution in [0.15, 0.2) is 6.20 Å². The van der Waals surface area contributed by atoms with Crippen molar-refractivity contribution in [3.63, 3.8) is 0 Å². The Morgan fingerprint density at radius 1 is 1.46 bits per heavy atom. The van der Waals surface area contributed by atoms with Crippen molar-refractivity contribution < 1.29 is 0 Å². The van der Waals surface area contributed by atoms with Crippen molar-refractivity contribution in [3.05, 3.63) is 23.3 Å². The third-order valence-corrected chi connectivity index (χ3v) is 1.94. The molecule has 0 bridgehead atoms. The monoisotopic (exact) mass is 179 g/mol. The second-order valence-electron chi connectivity index (χ2n) is 3.70. The molecular formula is C10H17N3. The van der Waals surface area contributed by atoms with Crippen LogP contribution in [0.1, 0.15) is 30.9 Å². The van der Waals surface area contributed by atoms with Crippen molar-refractivity contribution in [1.29, 1.82) is 0 Å². The van der Waals surface area contributed by atoms with Gasteiger partial charge in [0.25, 0.3) is 0 Å². The molecule has 13 heavy (non-hydrogen) atoms.